The van der Waals surface area contributed by atoms with Crippen molar-refractivity contribution in [3.63, 3.8) is 0 Å². The highest BCUT2D eigenvalue weighted by atomic mass is 35.5. The Labute approximate surface area is 220 Å². The van der Waals surface area contributed by atoms with Crippen molar-refractivity contribution in [3.8, 4) is 0 Å². The molecular weight excluding hydrogens is 514 g/mol. The lowest BCUT2D eigenvalue weighted by molar-refractivity contribution is 0.0901. The molecule has 0 aliphatic carbocycles. The second-order valence-corrected chi connectivity index (χ2v) is 12.8. The summed E-state index contributed by atoms with van der Waals surface area (Å²) in [4.78, 5) is 20.4. The van der Waals surface area contributed by atoms with Gasteiger partial charge >= 0.3 is 0 Å². The largest absolute Gasteiger partial charge is 0.349 e. The van der Waals surface area contributed by atoms with Crippen molar-refractivity contribution >= 4 is 49.6 Å². The Kier molecular flexibility index (Phi) is 6.96. The Morgan fingerprint density at radius 2 is 1.83 bits per heavy atom. The number of rotatable bonds is 6. The molecule has 4 aromatic rings. The van der Waals surface area contributed by atoms with Gasteiger partial charge in [-0.1, -0.05) is 23.7 Å². The van der Waals surface area contributed by atoms with Crippen LogP contribution in [0.4, 0.5) is 0 Å². The van der Waals surface area contributed by atoms with Crippen LogP contribution in [0, 0.1) is 13.8 Å². The van der Waals surface area contributed by atoms with Crippen molar-refractivity contribution in [2.75, 3.05) is 13.1 Å². The van der Waals surface area contributed by atoms with Crippen LogP contribution in [0.25, 0.3) is 10.9 Å². The van der Waals surface area contributed by atoms with Crippen LogP contribution >= 0.6 is 22.9 Å². The molecule has 2 N–H and O–H groups in total. The predicted octanol–water partition coefficient (Wildman–Crippen LogP) is 5.73. The van der Waals surface area contributed by atoms with Crippen molar-refractivity contribution < 1.29 is 13.2 Å². The number of aromatic amines is 1. The third kappa shape index (κ3) is 5.09. The topological polar surface area (TPSA) is 82.3 Å². The molecule has 0 spiro atoms. The lowest BCUT2D eigenvalue weighted by atomic mass is 10.0. The van der Waals surface area contributed by atoms with Crippen molar-refractivity contribution in [1.29, 1.82) is 0 Å². The van der Waals surface area contributed by atoms with Gasteiger partial charge in [0.05, 0.1) is 4.90 Å². The minimum Gasteiger partial charge on any atom is -0.349 e. The molecule has 1 aliphatic heterocycles. The first kappa shape index (κ1) is 25.0. The number of carbonyl (C=O) groups is 1. The molecule has 0 atom stereocenters. The first-order chi connectivity index (χ1) is 17.2. The van der Waals surface area contributed by atoms with Crippen molar-refractivity contribution in [2.24, 2.45) is 0 Å². The van der Waals surface area contributed by atoms with Gasteiger partial charge in [0, 0.05) is 46.5 Å². The van der Waals surface area contributed by atoms with E-state index in [4.69, 9.17) is 11.6 Å². The molecule has 1 saturated heterocycles. The Hall–Kier alpha value is -2.65. The number of amides is 1. The van der Waals surface area contributed by atoms with Gasteiger partial charge in [0.1, 0.15) is 10.6 Å². The molecule has 9 heteroatoms. The van der Waals surface area contributed by atoms with Gasteiger partial charge < -0.3 is 10.3 Å². The van der Waals surface area contributed by atoms with E-state index >= 15 is 0 Å². The van der Waals surface area contributed by atoms with Crippen LogP contribution in [0.3, 0.4) is 0 Å². The molecule has 188 valence electrons. The zero-order valence-corrected chi connectivity index (χ0v) is 22.6. The summed E-state index contributed by atoms with van der Waals surface area (Å²) >= 11 is 7.98. The predicted molar refractivity (Wildman–Crippen MR) is 145 cm³/mol. The fraction of sp³-hybridized carbons (Fsp3) is 0.296. The molecule has 1 amide bonds. The number of carbonyl (C=O) groups excluding carboxylic acids is 1. The number of sulfone groups is 1. The quantitative estimate of drug-likeness (QED) is 0.327. The van der Waals surface area contributed by atoms with Crippen LogP contribution in [0.1, 0.15) is 39.3 Å². The van der Waals surface area contributed by atoms with Crippen molar-refractivity contribution in [3.05, 3.63) is 80.6 Å². The number of H-pyrrole nitrogens is 1. The SMILES string of the molecule is Cc1cc(C)cc(S(=O)(=O)c2c(C(=O)NC3CCN(Cc4cccs4)CC3)[nH]c3ccc(Cl)cc23)c1. The van der Waals surface area contributed by atoms with Crippen LogP contribution in [0.2, 0.25) is 5.02 Å². The Morgan fingerprint density at radius 3 is 2.50 bits per heavy atom. The van der Waals surface area contributed by atoms with Crippen LogP contribution in [0.5, 0.6) is 0 Å². The average Bonchev–Trinajstić information content (AvgIpc) is 3.47. The number of aromatic nitrogens is 1. The molecule has 3 heterocycles. The standard InChI is InChI=1S/C27H28ClN3O3S2/c1-17-12-18(2)14-22(13-17)36(33,34)26-23-15-19(28)5-6-24(23)30-25(26)27(32)29-20-7-9-31(10-8-20)16-21-4-3-11-35-21/h3-6,11-15,20,30H,7-10,16H2,1-2H3,(H,29,32). The lowest BCUT2D eigenvalue weighted by Gasteiger charge is -2.32. The number of aryl methyl sites for hydroxylation is 2. The summed E-state index contributed by atoms with van der Waals surface area (Å²) in [5.41, 5.74) is 2.28. The Bertz CT molecular complexity index is 1500. The molecule has 0 radical (unpaired) electrons. The summed E-state index contributed by atoms with van der Waals surface area (Å²) < 4.78 is 27.8. The second-order valence-electron chi connectivity index (χ2n) is 9.45. The molecule has 36 heavy (non-hydrogen) atoms. The van der Waals surface area contributed by atoms with E-state index in [1.165, 1.54) is 4.88 Å². The van der Waals surface area contributed by atoms with E-state index in [9.17, 15) is 13.2 Å². The van der Waals surface area contributed by atoms with E-state index in [1.54, 1.807) is 41.7 Å². The maximum absolute atomic E-state index is 13.9. The molecular formula is C27H28ClN3O3S2. The van der Waals surface area contributed by atoms with Crippen LogP contribution < -0.4 is 5.32 Å². The summed E-state index contributed by atoms with van der Waals surface area (Å²) in [5.74, 6) is -0.415. The highest BCUT2D eigenvalue weighted by Gasteiger charge is 2.31. The highest BCUT2D eigenvalue weighted by Crippen LogP contribution is 2.34. The van der Waals surface area contributed by atoms with Gasteiger partial charge in [-0.25, -0.2) is 8.42 Å². The van der Waals surface area contributed by atoms with Crippen LogP contribution in [0.15, 0.2) is 63.7 Å². The zero-order valence-electron chi connectivity index (χ0n) is 20.2. The van der Waals surface area contributed by atoms with Gasteiger partial charge in [-0.05, 0) is 79.6 Å². The number of halogens is 1. The number of nitrogens with zero attached hydrogens (tertiary/aromatic N) is 1. The number of piperidine rings is 1. The number of benzene rings is 2. The number of hydrogen-bond acceptors (Lipinski definition) is 5. The maximum atomic E-state index is 13.9. The number of nitrogens with one attached hydrogen (secondary N) is 2. The smallest absolute Gasteiger partial charge is 0.269 e. The molecule has 0 bridgehead atoms. The molecule has 5 rings (SSSR count). The van der Waals surface area contributed by atoms with Crippen LogP contribution in [-0.4, -0.2) is 43.3 Å². The van der Waals surface area contributed by atoms with Gasteiger partial charge in [-0.3, -0.25) is 9.69 Å². The second kappa shape index (κ2) is 10.0. The molecule has 6 nitrogen and oxygen atoms in total. The third-order valence-electron chi connectivity index (χ3n) is 6.60. The van der Waals surface area contributed by atoms with E-state index in [0.29, 0.717) is 15.9 Å². The third-order valence-corrected chi connectivity index (χ3v) is 9.51. The van der Waals surface area contributed by atoms with Gasteiger partial charge in [0.15, 0.2) is 0 Å². The van der Waals surface area contributed by atoms with Gasteiger partial charge in [-0.15, -0.1) is 11.3 Å². The Balaban J connectivity index is 1.43. The van der Waals surface area contributed by atoms with Gasteiger partial charge in [-0.2, -0.15) is 0 Å². The molecule has 0 unspecified atom stereocenters. The summed E-state index contributed by atoms with van der Waals surface area (Å²) in [7, 11) is -4.00. The summed E-state index contributed by atoms with van der Waals surface area (Å²) in [6.07, 6.45) is 1.62. The minimum atomic E-state index is -4.00. The monoisotopic (exact) mass is 541 g/mol. The first-order valence-electron chi connectivity index (χ1n) is 11.9. The first-order valence-corrected chi connectivity index (χ1v) is 14.6. The van der Waals surface area contributed by atoms with Gasteiger partial charge in [0.25, 0.3) is 5.91 Å². The average molecular weight is 542 g/mol. The summed E-state index contributed by atoms with van der Waals surface area (Å²) in [6.45, 7) is 6.38. The van der Waals surface area contributed by atoms with Crippen LogP contribution in [-0.2, 0) is 16.4 Å². The highest BCUT2D eigenvalue weighted by molar-refractivity contribution is 7.91. The van der Waals surface area contributed by atoms with E-state index < -0.39 is 15.7 Å². The van der Waals surface area contributed by atoms with E-state index in [2.05, 4.69) is 32.7 Å². The molecule has 0 saturated carbocycles. The molecule has 2 aromatic heterocycles. The minimum absolute atomic E-state index is 0.0242. The maximum Gasteiger partial charge on any atom is 0.269 e. The van der Waals surface area contributed by atoms with E-state index in [0.717, 1.165) is 43.6 Å². The van der Waals surface area contributed by atoms with Gasteiger partial charge in [0.2, 0.25) is 9.84 Å². The molecule has 1 aliphatic rings. The number of thiophene rings is 1. The summed E-state index contributed by atoms with van der Waals surface area (Å²) in [6, 6.07) is 14.3. The number of hydrogen-bond donors (Lipinski definition) is 2. The fourth-order valence-electron chi connectivity index (χ4n) is 4.90. The van der Waals surface area contributed by atoms with E-state index in [-0.39, 0.29) is 21.5 Å². The van der Waals surface area contributed by atoms with E-state index in [1.807, 2.05) is 19.9 Å². The lowest BCUT2D eigenvalue weighted by Crippen LogP contribution is -2.44. The number of likely N-dealkylation sites (tertiary alicyclic amines) is 1. The molecule has 2 aromatic carbocycles. The normalized spacial score (nSPS) is 15.4. The van der Waals surface area contributed by atoms with Crippen molar-refractivity contribution in [1.82, 2.24) is 15.2 Å². The summed E-state index contributed by atoms with van der Waals surface area (Å²) in [5, 5.41) is 5.99. The Morgan fingerprint density at radius 1 is 1.11 bits per heavy atom. The fourth-order valence-corrected chi connectivity index (χ4v) is 7.61. The van der Waals surface area contributed by atoms with Crippen molar-refractivity contribution in [2.45, 2.75) is 49.1 Å². The zero-order chi connectivity index (χ0) is 25.4. The number of fused-ring (bicyclic) bond motifs is 1. The molecule has 1 fully saturated rings.